The summed E-state index contributed by atoms with van der Waals surface area (Å²) in [6.07, 6.45) is 0.604. The topological polar surface area (TPSA) is 58.4 Å². The number of carbonyl (C=O) groups excluding carboxylic acids is 1. The Morgan fingerprint density at radius 1 is 1.90 bits per heavy atom. The first-order chi connectivity index (χ1) is 4.68. The molecule has 1 saturated heterocycles. The molecule has 0 spiro atoms. The number of hydrogen-bond acceptors (Lipinski definition) is 3. The summed E-state index contributed by atoms with van der Waals surface area (Å²) < 4.78 is 0. The normalized spacial score (nSPS) is 22.8. The molecule has 1 fully saturated rings. The minimum atomic E-state index is 0.0978. The number of amides is 1. The summed E-state index contributed by atoms with van der Waals surface area (Å²) in [5.41, 5.74) is 8.22. The van der Waals surface area contributed by atoms with Crippen molar-refractivity contribution >= 4 is 5.91 Å². The fourth-order valence-corrected chi connectivity index (χ4v) is 1.01. The average Bonchev–Trinajstić information content (AvgIpc) is 2.13. The molecule has 1 heterocycles. The third-order valence-electron chi connectivity index (χ3n) is 1.40. The van der Waals surface area contributed by atoms with E-state index in [9.17, 15) is 4.79 Å². The Hall–Kier alpha value is -0.610. The number of rotatable bonds is 2. The van der Waals surface area contributed by atoms with Gasteiger partial charge in [-0.05, 0) is 6.92 Å². The smallest absolute Gasteiger partial charge is 0.235 e. The lowest BCUT2D eigenvalue weighted by Gasteiger charge is -2.16. The summed E-state index contributed by atoms with van der Waals surface area (Å²) in [6, 6.07) is 0.124. The molecule has 0 bridgehead atoms. The molecule has 1 atom stereocenters. The Morgan fingerprint density at radius 2 is 2.60 bits per heavy atom. The van der Waals surface area contributed by atoms with E-state index in [4.69, 9.17) is 5.73 Å². The first-order valence-corrected chi connectivity index (χ1v) is 3.48. The average molecular weight is 143 g/mol. The van der Waals surface area contributed by atoms with Crippen LogP contribution in [0.25, 0.3) is 0 Å². The van der Waals surface area contributed by atoms with Gasteiger partial charge in [0, 0.05) is 25.6 Å². The summed E-state index contributed by atoms with van der Waals surface area (Å²) in [7, 11) is 0. The van der Waals surface area contributed by atoms with Gasteiger partial charge < -0.3 is 5.73 Å². The Bertz CT molecular complexity index is 135. The molecule has 4 nitrogen and oxygen atoms in total. The molecule has 0 radical (unpaired) electrons. The first kappa shape index (κ1) is 7.50. The maximum Gasteiger partial charge on any atom is 0.235 e. The van der Waals surface area contributed by atoms with Crippen molar-refractivity contribution in [1.29, 1.82) is 0 Å². The highest BCUT2D eigenvalue weighted by molar-refractivity contribution is 5.77. The van der Waals surface area contributed by atoms with Crippen molar-refractivity contribution in [2.75, 3.05) is 13.1 Å². The second-order valence-corrected chi connectivity index (χ2v) is 2.71. The van der Waals surface area contributed by atoms with Crippen molar-refractivity contribution in [3.05, 3.63) is 0 Å². The van der Waals surface area contributed by atoms with E-state index in [0.29, 0.717) is 6.42 Å². The lowest BCUT2D eigenvalue weighted by Crippen LogP contribution is -2.40. The largest absolute Gasteiger partial charge is 0.327 e. The Labute approximate surface area is 60.3 Å². The Morgan fingerprint density at radius 3 is 3.00 bits per heavy atom. The van der Waals surface area contributed by atoms with Crippen LogP contribution in [-0.4, -0.2) is 30.0 Å². The molecular weight excluding hydrogens is 130 g/mol. The highest BCUT2D eigenvalue weighted by Gasteiger charge is 2.18. The summed E-state index contributed by atoms with van der Waals surface area (Å²) in [4.78, 5) is 10.6. The molecular formula is C6H13N3O. The summed E-state index contributed by atoms with van der Waals surface area (Å²) in [6.45, 7) is 3.45. The van der Waals surface area contributed by atoms with Crippen LogP contribution in [0.1, 0.15) is 13.3 Å². The molecule has 0 aromatic heterocycles. The minimum absolute atomic E-state index is 0.0978. The third kappa shape index (κ3) is 1.97. The van der Waals surface area contributed by atoms with Gasteiger partial charge in [0.25, 0.3) is 0 Å². The van der Waals surface area contributed by atoms with E-state index in [1.54, 1.807) is 0 Å². The maximum absolute atomic E-state index is 10.6. The number of nitrogens with two attached hydrogens (primary N) is 1. The highest BCUT2D eigenvalue weighted by Crippen LogP contribution is 1.97. The molecule has 3 N–H and O–H groups in total. The SMILES string of the molecule is CC(N)CN1CCC(=O)N1. The molecule has 1 aliphatic rings. The second-order valence-electron chi connectivity index (χ2n) is 2.71. The van der Waals surface area contributed by atoms with E-state index < -0.39 is 0 Å². The van der Waals surface area contributed by atoms with Crippen LogP contribution >= 0.6 is 0 Å². The van der Waals surface area contributed by atoms with Crippen LogP contribution in [0.15, 0.2) is 0 Å². The van der Waals surface area contributed by atoms with Crippen molar-refractivity contribution in [2.45, 2.75) is 19.4 Å². The summed E-state index contributed by atoms with van der Waals surface area (Å²) in [5.74, 6) is 0.0978. The molecule has 1 rings (SSSR count). The van der Waals surface area contributed by atoms with Gasteiger partial charge in [-0.1, -0.05) is 0 Å². The second kappa shape index (κ2) is 2.98. The predicted molar refractivity (Wildman–Crippen MR) is 38.0 cm³/mol. The van der Waals surface area contributed by atoms with Gasteiger partial charge in [0.05, 0.1) is 0 Å². The van der Waals surface area contributed by atoms with Gasteiger partial charge in [-0.3, -0.25) is 10.2 Å². The number of nitrogens with zero attached hydrogens (tertiary/aromatic N) is 1. The monoisotopic (exact) mass is 143 g/mol. The van der Waals surface area contributed by atoms with Crippen LogP contribution in [0, 0.1) is 0 Å². The van der Waals surface area contributed by atoms with Crippen LogP contribution in [0.5, 0.6) is 0 Å². The van der Waals surface area contributed by atoms with E-state index in [1.807, 2.05) is 11.9 Å². The third-order valence-corrected chi connectivity index (χ3v) is 1.40. The zero-order valence-corrected chi connectivity index (χ0v) is 6.13. The molecule has 0 saturated carbocycles. The van der Waals surface area contributed by atoms with Crippen LogP contribution in [0.3, 0.4) is 0 Å². The van der Waals surface area contributed by atoms with Gasteiger partial charge in [0.1, 0.15) is 0 Å². The molecule has 1 unspecified atom stereocenters. The quantitative estimate of drug-likeness (QED) is 0.525. The standard InChI is InChI=1S/C6H13N3O/c1-5(7)4-9-3-2-6(10)8-9/h5H,2-4,7H2,1H3,(H,8,10). The van der Waals surface area contributed by atoms with Gasteiger partial charge in [-0.2, -0.15) is 0 Å². The summed E-state index contributed by atoms with van der Waals surface area (Å²) >= 11 is 0. The van der Waals surface area contributed by atoms with E-state index in [1.165, 1.54) is 0 Å². The van der Waals surface area contributed by atoms with Crippen molar-refractivity contribution in [3.63, 3.8) is 0 Å². The molecule has 0 aromatic carbocycles. The first-order valence-electron chi connectivity index (χ1n) is 3.48. The molecule has 4 heteroatoms. The molecule has 1 amide bonds. The lowest BCUT2D eigenvalue weighted by atomic mass is 10.3. The van der Waals surface area contributed by atoms with E-state index in [2.05, 4.69) is 5.43 Å². The van der Waals surface area contributed by atoms with Crippen molar-refractivity contribution in [3.8, 4) is 0 Å². The van der Waals surface area contributed by atoms with E-state index >= 15 is 0 Å². The van der Waals surface area contributed by atoms with E-state index in [-0.39, 0.29) is 11.9 Å². The van der Waals surface area contributed by atoms with Gasteiger partial charge in [0.2, 0.25) is 5.91 Å². The number of carbonyl (C=O) groups is 1. The Balaban J connectivity index is 2.24. The lowest BCUT2D eigenvalue weighted by molar-refractivity contribution is -0.121. The molecule has 0 aliphatic carbocycles. The summed E-state index contributed by atoms with van der Waals surface area (Å²) in [5, 5.41) is 1.85. The zero-order valence-electron chi connectivity index (χ0n) is 6.13. The highest BCUT2D eigenvalue weighted by atomic mass is 16.2. The number of hydrazine groups is 1. The zero-order chi connectivity index (χ0) is 7.56. The molecule has 58 valence electrons. The van der Waals surface area contributed by atoms with Crippen LogP contribution in [0.4, 0.5) is 0 Å². The van der Waals surface area contributed by atoms with Crippen LogP contribution < -0.4 is 11.2 Å². The van der Waals surface area contributed by atoms with Crippen LogP contribution in [-0.2, 0) is 4.79 Å². The van der Waals surface area contributed by atoms with Gasteiger partial charge in [0.15, 0.2) is 0 Å². The van der Waals surface area contributed by atoms with Gasteiger partial charge in [-0.25, -0.2) is 5.01 Å². The predicted octanol–water partition coefficient (Wildman–Crippen LogP) is -0.929. The number of nitrogens with one attached hydrogen (secondary N) is 1. The maximum atomic E-state index is 10.6. The fraction of sp³-hybridized carbons (Fsp3) is 0.833. The molecule has 0 aromatic rings. The molecule has 1 aliphatic heterocycles. The van der Waals surface area contributed by atoms with Gasteiger partial charge >= 0.3 is 0 Å². The van der Waals surface area contributed by atoms with Crippen molar-refractivity contribution < 1.29 is 4.79 Å². The van der Waals surface area contributed by atoms with Crippen LogP contribution in [0.2, 0.25) is 0 Å². The molecule has 10 heavy (non-hydrogen) atoms. The fourth-order valence-electron chi connectivity index (χ4n) is 1.01. The number of hydrogen-bond donors (Lipinski definition) is 2. The Kier molecular flexibility index (Phi) is 2.24. The van der Waals surface area contributed by atoms with E-state index in [0.717, 1.165) is 13.1 Å². The van der Waals surface area contributed by atoms with Crippen molar-refractivity contribution in [1.82, 2.24) is 10.4 Å². The van der Waals surface area contributed by atoms with Gasteiger partial charge in [-0.15, -0.1) is 0 Å². The van der Waals surface area contributed by atoms with Crippen molar-refractivity contribution in [2.24, 2.45) is 5.73 Å². The minimum Gasteiger partial charge on any atom is -0.327 e.